The lowest BCUT2D eigenvalue weighted by Gasteiger charge is -2.11. The van der Waals surface area contributed by atoms with Crippen molar-refractivity contribution in [2.75, 3.05) is 12.0 Å². The van der Waals surface area contributed by atoms with Crippen LogP contribution in [0, 0.1) is 5.92 Å². The number of nitrogens with zero attached hydrogens (tertiary/aromatic N) is 1. The molecular weight excluding hydrogens is 196 g/mol. The van der Waals surface area contributed by atoms with E-state index in [1.54, 1.807) is 6.26 Å². The van der Waals surface area contributed by atoms with Crippen LogP contribution < -0.4 is 5.73 Å². The molecule has 82 valence electrons. The second-order valence-electron chi connectivity index (χ2n) is 4.12. The predicted molar refractivity (Wildman–Crippen MR) is 62.0 cm³/mol. The quantitative estimate of drug-likeness (QED) is 0.569. The Balaban J connectivity index is 2.44. The van der Waals surface area contributed by atoms with Crippen LogP contribution in [0.3, 0.4) is 0 Å². The van der Waals surface area contributed by atoms with Gasteiger partial charge in [0.25, 0.3) is 0 Å². The van der Waals surface area contributed by atoms with Crippen LogP contribution in [0.2, 0.25) is 0 Å². The summed E-state index contributed by atoms with van der Waals surface area (Å²) in [4.78, 5) is 4.40. The Labute approximate surface area is 88.6 Å². The third-order valence-electron chi connectivity index (χ3n) is 2.62. The van der Waals surface area contributed by atoms with Crippen molar-refractivity contribution in [3.05, 3.63) is 0 Å². The summed E-state index contributed by atoms with van der Waals surface area (Å²) in [6, 6.07) is 0.0985. The zero-order valence-corrected chi connectivity index (χ0v) is 9.85. The lowest BCUT2D eigenvalue weighted by Crippen LogP contribution is -2.25. The second-order valence-corrected chi connectivity index (χ2v) is 5.60. The average molecular weight is 216 g/mol. The van der Waals surface area contributed by atoms with E-state index in [1.807, 2.05) is 6.92 Å². The van der Waals surface area contributed by atoms with Crippen molar-refractivity contribution in [3.8, 4) is 0 Å². The van der Waals surface area contributed by atoms with E-state index in [9.17, 15) is 4.21 Å². The van der Waals surface area contributed by atoms with Crippen molar-refractivity contribution < 1.29 is 4.21 Å². The molecule has 0 aliphatic heterocycles. The highest BCUT2D eigenvalue weighted by Crippen LogP contribution is 2.24. The molecule has 14 heavy (non-hydrogen) atoms. The zero-order chi connectivity index (χ0) is 10.6. The molecule has 0 aromatic rings. The average Bonchev–Trinajstić information content (AvgIpc) is 2.53. The number of rotatable bonds is 4. The molecule has 1 rings (SSSR count). The number of nitrogens with two attached hydrogens (primary N) is 1. The molecule has 2 atom stereocenters. The van der Waals surface area contributed by atoms with Gasteiger partial charge in [-0.25, -0.2) is 0 Å². The number of aliphatic imine (C=N–C) groups is 1. The van der Waals surface area contributed by atoms with Gasteiger partial charge >= 0.3 is 0 Å². The van der Waals surface area contributed by atoms with Crippen molar-refractivity contribution in [2.24, 2.45) is 16.6 Å². The van der Waals surface area contributed by atoms with Crippen LogP contribution in [0.25, 0.3) is 0 Å². The molecule has 0 aromatic heterocycles. The number of amidine groups is 1. The van der Waals surface area contributed by atoms with Gasteiger partial charge in [0.05, 0.1) is 11.9 Å². The minimum absolute atomic E-state index is 0.0985. The third-order valence-corrected chi connectivity index (χ3v) is 3.57. The Morgan fingerprint density at radius 2 is 2.14 bits per heavy atom. The van der Waals surface area contributed by atoms with E-state index in [0.29, 0.717) is 11.7 Å². The normalized spacial score (nSPS) is 23.7. The molecular formula is C10H20N2OS. The molecule has 0 amide bonds. The summed E-state index contributed by atoms with van der Waals surface area (Å²) < 4.78 is 11.0. The molecule has 1 aliphatic rings. The van der Waals surface area contributed by atoms with E-state index in [4.69, 9.17) is 5.73 Å². The van der Waals surface area contributed by atoms with Gasteiger partial charge in [-0.05, 0) is 19.8 Å². The van der Waals surface area contributed by atoms with Gasteiger partial charge in [0.15, 0.2) is 0 Å². The first-order chi connectivity index (χ1) is 6.59. The van der Waals surface area contributed by atoms with Crippen LogP contribution in [0.1, 0.15) is 32.6 Å². The fourth-order valence-electron chi connectivity index (χ4n) is 1.96. The summed E-state index contributed by atoms with van der Waals surface area (Å²) in [5.74, 6) is 1.89. The van der Waals surface area contributed by atoms with Crippen LogP contribution in [-0.4, -0.2) is 28.1 Å². The summed E-state index contributed by atoms with van der Waals surface area (Å²) in [5, 5.41) is 0. The molecule has 0 saturated heterocycles. The molecule has 0 radical (unpaired) electrons. The lowest BCUT2D eigenvalue weighted by molar-refractivity contribution is 0.676. The summed E-state index contributed by atoms with van der Waals surface area (Å²) in [5.41, 5.74) is 5.91. The fourth-order valence-corrected chi connectivity index (χ4v) is 2.71. The van der Waals surface area contributed by atoms with Crippen LogP contribution in [0.4, 0.5) is 0 Å². The van der Waals surface area contributed by atoms with Gasteiger partial charge in [0.2, 0.25) is 0 Å². The Morgan fingerprint density at radius 1 is 1.57 bits per heavy atom. The Morgan fingerprint density at radius 3 is 2.64 bits per heavy atom. The maximum absolute atomic E-state index is 11.0. The van der Waals surface area contributed by atoms with E-state index < -0.39 is 10.8 Å². The van der Waals surface area contributed by atoms with Gasteiger partial charge in [-0.2, -0.15) is 0 Å². The highest BCUT2D eigenvalue weighted by molar-refractivity contribution is 7.84. The predicted octanol–water partition coefficient (Wildman–Crippen LogP) is 1.30. The van der Waals surface area contributed by atoms with E-state index in [-0.39, 0.29) is 6.04 Å². The SMILES string of the molecule is CC(CS(C)=O)N=C(N)C1CCCC1. The van der Waals surface area contributed by atoms with Crippen molar-refractivity contribution in [1.29, 1.82) is 0 Å². The van der Waals surface area contributed by atoms with E-state index in [0.717, 1.165) is 5.84 Å². The topological polar surface area (TPSA) is 55.5 Å². The standard InChI is InChI=1S/C10H20N2OS/c1-8(7-14(2)13)12-10(11)9-5-3-4-6-9/h8-9H,3-7H2,1-2H3,(H2,11,12). The maximum atomic E-state index is 11.0. The largest absolute Gasteiger partial charge is 0.387 e. The number of hydrogen-bond acceptors (Lipinski definition) is 2. The van der Waals surface area contributed by atoms with Gasteiger partial charge in [-0.3, -0.25) is 9.20 Å². The number of hydrogen-bond donors (Lipinski definition) is 1. The van der Waals surface area contributed by atoms with Crippen molar-refractivity contribution in [3.63, 3.8) is 0 Å². The smallest absolute Gasteiger partial charge is 0.0972 e. The van der Waals surface area contributed by atoms with Crippen molar-refractivity contribution >= 4 is 16.6 Å². The minimum atomic E-state index is -0.776. The van der Waals surface area contributed by atoms with Gasteiger partial charge in [-0.1, -0.05) is 12.8 Å². The lowest BCUT2D eigenvalue weighted by atomic mass is 10.1. The maximum Gasteiger partial charge on any atom is 0.0972 e. The summed E-state index contributed by atoms with van der Waals surface area (Å²) in [7, 11) is -0.776. The van der Waals surface area contributed by atoms with Gasteiger partial charge in [0.1, 0.15) is 0 Å². The minimum Gasteiger partial charge on any atom is -0.387 e. The van der Waals surface area contributed by atoms with Gasteiger partial charge in [0, 0.05) is 28.7 Å². The molecule has 0 heterocycles. The summed E-state index contributed by atoms with van der Waals surface area (Å²) in [6.07, 6.45) is 6.61. The summed E-state index contributed by atoms with van der Waals surface area (Å²) in [6.45, 7) is 1.98. The van der Waals surface area contributed by atoms with Crippen LogP contribution in [0.15, 0.2) is 4.99 Å². The summed E-state index contributed by atoms with van der Waals surface area (Å²) >= 11 is 0. The Hall–Kier alpha value is -0.380. The second kappa shape index (κ2) is 5.49. The molecule has 2 N–H and O–H groups in total. The molecule has 0 spiro atoms. The highest BCUT2D eigenvalue weighted by atomic mass is 32.2. The molecule has 2 unspecified atom stereocenters. The van der Waals surface area contributed by atoms with Crippen LogP contribution >= 0.6 is 0 Å². The zero-order valence-electron chi connectivity index (χ0n) is 9.03. The Kier molecular flexibility index (Phi) is 4.58. The van der Waals surface area contributed by atoms with Crippen molar-refractivity contribution in [1.82, 2.24) is 0 Å². The third kappa shape index (κ3) is 3.78. The molecule has 1 saturated carbocycles. The first-order valence-electron chi connectivity index (χ1n) is 5.22. The first kappa shape index (κ1) is 11.7. The fraction of sp³-hybridized carbons (Fsp3) is 0.900. The molecule has 0 aromatic carbocycles. The van der Waals surface area contributed by atoms with Gasteiger partial charge in [-0.15, -0.1) is 0 Å². The van der Waals surface area contributed by atoms with E-state index >= 15 is 0 Å². The van der Waals surface area contributed by atoms with Crippen molar-refractivity contribution in [2.45, 2.75) is 38.6 Å². The van der Waals surface area contributed by atoms with E-state index in [2.05, 4.69) is 4.99 Å². The van der Waals surface area contributed by atoms with Crippen LogP contribution in [-0.2, 0) is 10.8 Å². The Bertz CT molecular complexity index is 234. The highest BCUT2D eigenvalue weighted by Gasteiger charge is 2.19. The molecule has 0 bridgehead atoms. The first-order valence-corrected chi connectivity index (χ1v) is 6.95. The van der Waals surface area contributed by atoms with E-state index in [1.165, 1.54) is 25.7 Å². The molecule has 1 fully saturated rings. The molecule has 1 aliphatic carbocycles. The molecule has 4 heteroatoms. The molecule has 3 nitrogen and oxygen atoms in total. The van der Waals surface area contributed by atoms with Gasteiger partial charge < -0.3 is 5.73 Å². The monoisotopic (exact) mass is 216 g/mol. The van der Waals surface area contributed by atoms with Crippen LogP contribution in [0.5, 0.6) is 0 Å².